The summed E-state index contributed by atoms with van der Waals surface area (Å²) in [5.41, 5.74) is 2.48. The monoisotopic (exact) mass is 241 g/mol. The molecular formula is C12H16ClNO2. The lowest BCUT2D eigenvalue weighted by Crippen LogP contribution is -2.45. The molecule has 0 aromatic heterocycles. The lowest BCUT2D eigenvalue weighted by atomic mass is 9.85. The van der Waals surface area contributed by atoms with Gasteiger partial charge in [-0.15, -0.1) is 12.4 Å². The van der Waals surface area contributed by atoms with Crippen molar-refractivity contribution < 1.29 is 9.84 Å². The smallest absolute Gasteiger partial charge is 0.115 e. The fraction of sp³-hybridized carbons (Fsp3) is 0.500. The molecule has 0 amide bonds. The molecule has 1 fully saturated rings. The van der Waals surface area contributed by atoms with Gasteiger partial charge in [-0.1, -0.05) is 6.07 Å². The van der Waals surface area contributed by atoms with Crippen LogP contribution in [0.25, 0.3) is 0 Å². The molecule has 1 aromatic rings. The molecule has 0 saturated carbocycles. The van der Waals surface area contributed by atoms with Crippen LogP contribution in [0.1, 0.15) is 23.7 Å². The molecule has 0 bridgehead atoms. The van der Waals surface area contributed by atoms with Crippen LogP contribution in [0, 0.1) is 0 Å². The van der Waals surface area contributed by atoms with Crippen LogP contribution in [0.4, 0.5) is 0 Å². The predicted octanol–water partition coefficient (Wildman–Crippen LogP) is 1.79. The van der Waals surface area contributed by atoms with Crippen LogP contribution in [-0.2, 0) is 11.2 Å². The number of aromatic hydroxyl groups is 1. The van der Waals surface area contributed by atoms with Crippen molar-refractivity contribution in [1.82, 2.24) is 5.32 Å². The van der Waals surface area contributed by atoms with E-state index in [1.165, 1.54) is 11.1 Å². The Balaban J connectivity index is 0.000000963. The van der Waals surface area contributed by atoms with Crippen LogP contribution in [0.2, 0.25) is 0 Å². The Morgan fingerprint density at radius 2 is 2.25 bits per heavy atom. The van der Waals surface area contributed by atoms with Gasteiger partial charge in [0.1, 0.15) is 5.75 Å². The van der Waals surface area contributed by atoms with E-state index in [0.29, 0.717) is 11.8 Å². The van der Waals surface area contributed by atoms with Crippen molar-refractivity contribution >= 4 is 12.4 Å². The maximum absolute atomic E-state index is 9.50. The quantitative estimate of drug-likeness (QED) is 0.728. The van der Waals surface area contributed by atoms with E-state index in [1.54, 1.807) is 6.07 Å². The Morgan fingerprint density at radius 3 is 3.12 bits per heavy atom. The Morgan fingerprint density at radius 1 is 1.38 bits per heavy atom. The first-order chi connectivity index (χ1) is 7.34. The lowest BCUT2D eigenvalue weighted by Gasteiger charge is -2.37. The van der Waals surface area contributed by atoms with Gasteiger partial charge >= 0.3 is 0 Å². The van der Waals surface area contributed by atoms with Gasteiger partial charge in [0, 0.05) is 12.6 Å². The number of ether oxygens (including phenoxy) is 1. The molecule has 88 valence electrons. The van der Waals surface area contributed by atoms with E-state index in [4.69, 9.17) is 4.74 Å². The fourth-order valence-electron chi connectivity index (χ4n) is 2.60. The number of aryl methyl sites for hydroxylation is 1. The number of halogens is 1. The summed E-state index contributed by atoms with van der Waals surface area (Å²) in [5.74, 6) is 0.337. The second-order valence-electron chi connectivity index (χ2n) is 4.27. The lowest BCUT2D eigenvalue weighted by molar-refractivity contribution is -0.0128. The summed E-state index contributed by atoms with van der Waals surface area (Å²) >= 11 is 0. The number of hydrogen-bond acceptors (Lipinski definition) is 3. The number of benzene rings is 1. The number of morpholine rings is 1. The first kappa shape index (κ1) is 11.7. The molecule has 4 heteroatoms. The molecule has 3 rings (SSSR count). The highest BCUT2D eigenvalue weighted by atomic mass is 35.5. The zero-order valence-corrected chi connectivity index (χ0v) is 9.80. The standard InChI is InChI=1S/C12H15NO2.ClH/c14-9-3-1-8-2-4-11-12(10(8)7-9)15-6-5-13-11;/h1,3,7,11-14H,2,4-6H2;1H/t11?,12-;/m0./s1. The second-order valence-corrected chi connectivity index (χ2v) is 4.27. The van der Waals surface area contributed by atoms with Crippen molar-refractivity contribution in [1.29, 1.82) is 0 Å². The zero-order valence-electron chi connectivity index (χ0n) is 8.98. The van der Waals surface area contributed by atoms with E-state index in [0.717, 1.165) is 26.0 Å². The van der Waals surface area contributed by atoms with E-state index < -0.39 is 0 Å². The third kappa shape index (κ3) is 1.90. The first-order valence-electron chi connectivity index (χ1n) is 5.51. The molecule has 1 aliphatic heterocycles. The van der Waals surface area contributed by atoms with E-state index in [-0.39, 0.29) is 18.5 Å². The molecule has 0 radical (unpaired) electrons. The van der Waals surface area contributed by atoms with Crippen molar-refractivity contribution in [3.63, 3.8) is 0 Å². The molecule has 16 heavy (non-hydrogen) atoms. The van der Waals surface area contributed by atoms with Crippen LogP contribution in [0.5, 0.6) is 5.75 Å². The van der Waals surface area contributed by atoms with Crippen LogP contribution in [0.15, 0.2) is 18.2 Å². The average molecular weight is 242 g/mol. The van der Waals surface area contributed by atoms with E-state index in [2.05, 4.69) is 5.32 Å². The van der Waals surface area contributed by atoms with Gasteiger partial charge in [0.2, 0.25) is 0 Å². The van der Waals surface area contributed by atoms with E-state index >= 15 is 0 Å². The molecule has 1 aliphatic carbocycles. The number of phenolic OH excluding ortho intramolecular Hbond substituents is 1. The number of phenols is 1. The highest BCUT2D eigenvalue weighted by Gasteiger charge is 2.32. The minimum Gasteiger partial charge on any atom is -0.508 e. The van der Waals surface area contributed by atoms with Gasteiger partial charge in [0.15, 0.2) is 0 Å². The first-order valence-corrected chi connectivity index (χ1v) is 5.51. The van der Waals surface area contributed by atoms with Crippen molar-refractivity contribution in [3.8, 4) is 5.75 Å². The zero-order chi connectivity index (χ0) is 10.3. The number of rotatable bonds is 0. The van der Waals surface area contributed by atoms with Gasteiger partial charge in [-0.05, 0) is 36.1 Å². The number of nitrogens with one attached hydrogen (secondary N) is 1. The van der Waals surface area contributed by atoms with Crippen molar-refractivity contribution in [2.45, 2.75) is 25.0 Å². The van der Waals surface area contributed by atoms with Crippen molar-refractivity contribution in [3.05, 3.63) is 29.3 Å². The molecule has 0 spiro atoms. The summed E-state index contributed by atoms with van der Waals surface area (Å²) in [6.45, 7) is 1.70. The van der Waals surface area contributed by atoms with E-state index in [9.17, 15) is 5.11 Å². The third-order valence-corrected chi connectivity index (χ3v) is 3.33. The molecule has 2 N–H and O–H groups in total. The fourth-order valence-corrected chi connectivity index (χ4v) is 2.60. The molecule has 1 aromatic carbocycles. The molecule has 1 heterocycles. The van der Waals surface area contributed by atoms with Crippen LogP contribution in [0.3, 0.4) is 0 Å². The molecule has 3 nitrogen and oxygen atoms in total. The highest BCUT2D eigenvalue weighted by Crippen LogP contribution is 2.35. The minimum absolute atomic E-state index is 0. The highest BCUT2D eigenvalue weighted by molar-refractivity contribution is 5.85. The molecule has 1 unspecified atom stereocenters. The summed E-state index contributed by atoms with van der Waals surface area (Å²) < 4.78 is 5.79. The van der Waals surface area contributed by atoms with Gasteiger partial charge in [-0.2, -0.15) is 0 Å². The Bertz CT molecular complexity index is 383. The topological polar surface area (TPSA) is 41.5 Å². The van der Waals surface area contributed by atoms with Gasteiger partial charge in [0.25, 0.3) is 0 Å². The predicted molar refractivity (Wildman–Crippen MR) is 64.2 cm³/mol. The van der Waals surface area contributed by atoms with Crippen LogP contribution in [-0.4, -0.2) is 24.3 Å². The average Bonchev–Trinajstić information content (AvgIpc) is 2.29. The van der Waals surface area contributed by atoms with Gasteiger partial charge in [-0.3, -0.25) is 0 Å². The molecule has 2 aliphatic rings. The Hall–Kier alpha value is -0.770. The summed E-state index contributed by atoms with van der Waals surface area (Å²) in [6, 6.07) is 6.04. The van der Waals surface area contributed by atoms with Gasteiger partial charge < -0.3 is 15.2 Å². The van der Waals surface area contributed by atoms with Crippen LogP contribution < -0.4 is 5.32 Å². The van der Waals surface area contributed by atoms with E-state index in [1.807, 2.05) is 12.1 Å². The third-order valence-electron chi connectivity index (χ3n) is 3.33. The largest absolute Gasteiger partial charge is 0.508 e. The van der Waals surface area contributed by atoms with Crippen LogP contribution >= 0.6 is 12.4 Å². The molecule has 2 atom stereocenters. The Labute approximate surface area is 101 Å². The van der Waals surface area contributed by atoms with Crippen molar-refractivity contribution in [2.24, 2.45) is 0 Å². The minimum atomic E-state index is 0. The number of fused-ring (bicyclic) bond motifs is 3. The maximum atomic E-state index is 9.50. The maximum Gasteiger partial charge on any atom is 0.115 e. The summed E-state index contributed by atoms with van der Waals surface area (Å²) in [5, 5.41) is 13.0. The summed E-state index contributed by atoms with van der Waals surface area (Å²) in [6.07, 6.45) is 2.34. The molecule has 1 saturated heterocycles. The van der Waals surface area contributed by atoms with Gasteiger partial charge in [-0.25, -0.2) is 0 Å². The molecular weight excluding hydrogens is 226 g/mol. The normalized spacial score (nSPS) is 27.5. The SMILES string of the molecule is Cl.Oc1ccc2c(c1)[C@@H]1OCCNC1CC2. The second kappa shape index (κ2) is 4.62. The Kier molecular flexibility index (Phi) is 3.38. The number of hydrogen-bond donors (Lipinski definition) is 2. The van der Waals surface area contributed by atoms with Gasteiger partial charge in [0.05, 0.1) is 12.7 Å². The summed E-state index contributed by atoms with van der Waals surface area (Å²) in [4.78, 5) is 0. The van der Waals surface area contributed by atoms with Crippen molar-refractivity contribution in [2.75, 3.05) is 13.2 Å². The summed E-state index contributed by atoms with van der Waals surface area (Å²) in [7, 11) is 0.